The van der Waals surface area contributed by atoms with E-state index >= 15 is 0 Å². The van der Waals surface area contributed by atoms with Crippen molar-refractivity contribution >= 4 is 5.78 Å². The number of aliphatic hydroxyl groups is 2. The van der Waals surface area contributed by atoms with Gasteiger partial charge in [-0.05, 0) is 74.3 Å². The molecular formula is C25H30O3. The largest absolute Gasteiger partial charge is 0.393 e. The van der Waals surface area contributed by atoms with E-state index in [1.807, 2.05) is 24.3 Å². The average Bonchev–Trinajstić information content (AvgIpc) is 2.75. The van der Waals surface area contributed by atoms with E-state index in [9.17, 15) is 15.0 Å². The number of aliphatic hydroxyl groups excluding tert-OH is 2. The summed E-state index contributed by atoms with van der Waals surface area (Å²) in [6.45, 7) is 0. The Morgan fingerprint density at radius 2 is 0.893 bits per heavy atom. The normalized spacial score (nSPS) is 28.1. The van der Waals surface area contributed by atoms with Crippen LogP contribution < -0.4 is 0 Å². The van der Waals surface area contributed by atoms with Gasteiger partial charge in [0.1, 0.15) is 0 Å². The van der Waals surface area contributed by atoms with Crippen LogP contribution in [-0.2, 0) is 0 Å². The molecule has 0 heterocycles. The van der Waals surface area contributed by atoms with E-state index in [1.54, 1.807) is 0 Å². The molecule has 4 rings (SSSR count). The molecule has 3 heteroatoms. The molecule has 0 saturated heterocycles. The molecule has 2 aliphatic carbocycles. The molecule has 0 aliphatic heterocycles. The number of rotatable bonds is 4. The first-order chi connectivity index (χ1) is 13.6. The molecule has 2 aliphatic rings. The summed E-state index contributed by atoms with van der Waals surface area (Å²) in [6.07, 6.45) is 7.30. The number of hydrogen-bond donors (Lipinski definition) is 2. The Labute approximate surface area is 167 Å². The van der Waals surface area contributed by atoms with Crippen LogP contribution in [0.1, 0.15) is 90.3 Å². The summed E-state index contributed by atoms with van der Waals surface area (Å²) in [5, 5.41) is 19.4. The zero-order valence-electron chi connectivity index (χ0n) is 16.4. The lowest BCUT2D eigenvalue weighted by Gasteiger charge is -2.26. The molecule has 2 N–H and O–H groups in total. The van der Waals surface area contributed by atoms with Crippen molar-refractivity contribution in [3.63, 3.8) is 0 Å². The zero-order valence-corrected chi connectivity index (χ0v) is 16.4. The van der Waals surface area contributed by atoms with Gasteiger partial charge in [-0.25, -0.2) is 0 Å². The molecule has 0 atom stereocenters. The SMILES string of the molecule is O=C(c1ccc(C2CCC(O)CC2)cc1)c1ccc(C2CCC(O)CC2)cc1. The summed E-state index contributed by atoms with van der Waals surface area (Å²) in [7, 11) is 0. The van der Waals surface area contributed by atoms with Gasteiger partial charge in [0.25, 0.3) is 0 Å². The summed E-state index contributed by atoms with van der Waals surface area (Å²) in [5.41, 5.74) is 4.01. The molecule has 3 nitrogen and oxygen atoms in total. The standard InChI is InChI=1S/C25H30O3/c26-23-13-9-19(10-14-23)17-1-5-21(6-2-17)25(28)22-7-3-18(4-8-22)20-11-15-24(27)16-12-20/h1-8,19-20,23-24,26-27H,9-16H2. The monoisotopic (exact) mass is 378 g/mol. The lowest BCUT2D eigenvalue weighted by atomic mass is 9.82. The summed E-state index contributed by atoms with van der Waals surface area (Å²) in [5.74, 6) is 1.07. The fourth-order valence-electron chi connectivity index (χ4n) is 4.80. The Balaban J connectivity index is 1.41. The van der Waals surface area contributed by atoms with E-state index < -0.39 is 0 Å². The fourth-order valence-corrected chi connectivity index (χ4v) is 4.80. The number of benzene rings is 2. The Kier molecular flexibility index (Phi) is 5.93. The summed E-state index contributed by atoms with van der Waals surface area (Å²) in [4.78, 5) is 12.8. The van der Waals surface area contributed by atoms with Crippen molar-refractivity contribution in [3.05, 3.63) is 70.8 Å². The molecule has 2 aromatic carbocycles. The summed E-state index contributed by atoms with van der Waals surface area (Å²) in [6, 6.07) is 16.1. The highest BCUT2D eigenvalue weighted by atomic mass is 16.3. The molecule has 0 unspecified atom stereocenters. The number of carbonyl (C=O) groups is 1. The van der Waals surface area contributed by atoms with Crippen LogP contribution in [0.3, 0.4) is 0 Å². The van der Waals surface area contributed by atoms with Crippen molar-refractivity contribution in [2.24, 2.45) is 0 Å². The number of hydrogen-bond acceptors (Lipinski definition) is 3. The molecule has 0 aromatic heterocycles. The highest BCUT2D eigenvalue weighted by Crippen LogP contribution is 2.34. The third-order valence-electron chi connectivity index (χ3n) is 6.68. The van der Waals surface area contributed by atoms with Crippen LogP contribution in [0.5, 0.6) is 0 Å². The minimum Gasteiger partial charge on any atom is -0.393 e. The third kappa shape index (κ3) is 4.37. The van der Waals surface area contributed by atoms with E-state index in [0.717, 1.165) is 62.5 Å². The van der Waals surface area contributed by atoms with Crippen molar-refractivity contribution in [2.75, 3.05) is 0 Å². The van der Waals surface area contributed by atoms with E-state index in [2.05, 4.69) is 24.3 Å². The van der Waals surface area contributed by atoms with Gasteiger partial charge in [-0.2, -0.15) is 0 Å². The maximum absolute atomic E-state index is 12.8. The molecule has 148 valence electrons. The first-order valence-corrected chi connectivity index (χ1v) is 10.7. The highest BCUT2D eigenvalue weighted by molar-refractivity contribution is 6.09. The van der Waals surface area contributed by atoms with Crippen LogP contribution in [-0.4, -0.2) is 28.2 Å². The van der Waals surface area contributed by atoms with Crippen LogP contribution >= 0.6 is 0 Å². The molecule has 2 saturated carbocycles. The van der Waals surface area contributed by atoms with Gasteiger partial charge in [-0.3, -0.25) is 4.79 Å². The maximum Gasteiger partial charge on any atom is 0.193 e. The van der Waals surface area contributed by atoms with Gasteiger partial charge >= 0.3 is 0 Å². The molecule has 2 aromatic rings. The quantitative estimate of drug-likeness (QED) is 0.740. The summed E-state index contributed by atoms with van der Waals surface area (Å²) >= 11 is 0. The van der Waals surface area contributed by atoms with Crippen molar-refractivity contribution in [1.82, 2.24) is 0 Å². The Morgan fingerprint density at radius 3 is 1.21 bits per heavy atom. The molecule has 0 radical (unpaired) electrons. The molecule has 0 bridgehead atoms. The maximum atomic E-state index is 12.8. The second-order valence-corrected chi connectivity index (χ2v) is 8.58. The van der Waals surface area contributed by atoms with Gasteiger partial charge in [0.2, 0.25) is 0 Å². The second kappa shape index (κ2) is 8.59. The van der Waals surface area contributed by atoms with E-state index in [1.165, 1.54) is 11.1 Å². The van der Waals surface area contributed by atoms with Gasteiger partial charge in [0.15, 0.2) is 5.78 Å². The molecule has 28 heavy (non-hydrogen) atoms. The van der Waals surface area contributed by atoms with Crippen LogP contribution in [0.4, 0.5) is 0 Å². The highest BCUT2D eigenvalue weighted by Gasteiger charge is 2.22. The Bertz CT molecular complexity index is 710. The van der Waals surface area contributed by atoms with E-state index in [-0.39, 0.29) is 18.0 Å². The Hall–Kier alpha value is -1.97. The first-order valence-electron chi connectivity index (χ1n) is 10.7. The molecule has 0 spiro atoms. The number of ketones is 1. The van der Waals surface area contributed by atoms with Crippen LogP contribution in [0, 0.1) is 0 Å². The van der Waals surface area contributed by atoms with Crippen molar-refractivity contribution < 1.29 is 15.0 Å². The minimum absolute atomic E-state index is 0.0660. The summed E-state index contributed by atoms with van der Waals surface area (Å²) < 4.78 is 0. The zero-order chi connectivity index (χ0) is 19.5. The van der Waals surface area contributed by atoms with Gasteiger partial charge in [0.05, 0.1) is 12.2 Å². The predicted molar refractivity (Wildman–Crippen MR) is 111 cm³/mol. The van der Waals surface area contributed by atoms with Gasteiger partial charge < -0.3 is 10.2 Å². The van der Waals surface area contributed by atoms with Crippen molar-refractivity contribution in [3.8, 4) is 0 Å². The van der Waals surface area contributed by atoms with Crippen LogP contribution in [0.25, 0.3) is 0 Å². The van der Waals surface area contributed by atoms with Crippen molar-refractivity contribution in [2.45, 2.75) is 75.4 Å². The molecule has 2 fully saturated rings. The lowest BCUT2D eigenvalue weighted by Crippen LogP contribution is -2.17. The first kappa shape index (κ1) is 19.4. The molecule has 0 amide bonds. The molecular weight excluding hydrogens is 348 g/mol. The predicted octanol–water partition coefficient (Wildman–Crippen LogP) is 4.95. The lowest BCUT2D eigenvalue weighted by molar-refractivity contribution is 0.103. The van der Waals surface area contributed by atoms with Crippen molar-refractivity contribution in [1.29, 1.82) is 0 Å². The van der Waals surface area contributed by atoms with E-state index in [0.29, 0.717) is 11.8 Å². The topological polar surface area (TPSA) is 57.5 Å². The van der Waals surface area contributed by atoms with Gasteiger partial charge in [0, 0.05) is 11.1 Å². The third-order valence-corrected chi connectivity index (χ3v) is 6.68. The van der Waals surface area contributed by atoms with E-state index in [4.69, 9.17) is 0 Å². The average molecular weight is 379 g/mol. The van der Waals surface area contributed by atoms with Gasteiger partial charge in [-0.1, -0.05) is 48.5 Å². The van der Waals surface area contributed by atoms with Gasteiger partial charge in [-0.15, -0.1) is 0 Å². The smallest absolute Gasteiger partial charge is 0.193 e. The van der Waals surface area contributed by atoms with Crippen LogP contribution in [0.2, 0.25) is 0 Å². The van der Waals surface area contributed by atoms with Crippen LogP contribution in [0.15, 0.2) is 48.5 Å². The minimum atomic E-state index is -0.140. The Morgan fingerprint density at radius 1 is 0.571 bits per heavy atom. The number of carbonyl (C=O) groups excluding carboxylic acids is 1. The second-order valence-electron chi connectivity index (χ2n) is 8.58. The fraction of sp³-hybridized carbons (Fsp3) is 0.480.